The summed E-state index contributed by atoms with van der Waals surface area (Å²) in [7, 11) is 1.85. The lowest BCUT2D eigenvalue weighted by molar-refractivity contribution is 0.146. The number of rotatable bonds is 5. The van der Waals surface area contributed by atoms with E-state index in [0.717, 1.165) is 48.6 Å². The molecule has 2 amide bonds. The number of nitrogens with one attached hydrogen (secondary N) is 1. The molecular weight excluding hydrogens is 362 g/mol. The van der Waals surface area contributed by atoms with Crippen LogP contribution in [0.4, 0.5) is 4.79 Å². The number of furan rings is 1. The third-order valence-corrected chi connectivity index (χ3v) is 6.91. The highest BCUT2D eigenvalue weighted by molar-refractivity contribution is 5.78. The molecule has 1 aromatic heterocycles. The molecule has 0 spiro atoms. The van der Waals surface area contributed by atoms with Crippen molar-refractivity contribution in [3.63, 3.8) is 0 Å². The molecule has 158 valence electrons. The molecule has 5 heteroatoms. The Morgan fingerprint density at radius 1 is 1.17 bits per heavy atom. The summed E-state index contributed by atoms with van der Waals surface area (Å²) in [6.07, 6.45) is 9.14. The van der Waals surface area contributed by atoms with Gasteiger partial charge < -0.3 is 19.5 Å². The van der Waals surface area contributed by atoms with Gasteiger partial charge in [-0.2, -0.15) is 0 Å². The summed E-state index contributed by atoms with van der Waals surface area (Å²) < 4.78 is 5.95. The largest absolute Gasteiger partial charge is 0.459 e. The van der Waals surface area contributed by atoms with E-state index in [9.17, 15) is 4.79 Å². The van der Waals surface area contributed by atoms with Crippen LogP contribution in [-0.4, -0.2) is 48.6 Å². The standard InChI is InChI=1S/C24H35N3O2/c1-18(23-16-20-10-6-7-11-22(20)29-23)26(2)24(28)25-21-12-14-27(15-13-21)17-19-8-4-3-5-9-19/h6-7,10-11,16,18-19,21H,3-5,8-9,12-15,17H2,1-2H3,(H,25,28). The number of fused-ring (bicyclic) bond motifs is 1. The Bertz CT molecular complexity index is 770. The van der Waals surface area contributed by atoms with Gasteiger partial charge in [-0.25, -0.2) is 4.79 Å². The molecule has 0 radical (unpaired) electrons. The van der Waals surface area contributed by atoms with Gasteiger partial charge in [-0.05, 0) is 50.7 Å². The Morgan fingerprint density at radius 3 is 2.62 bits per heavy atom. The third kappa shape index (κ3) is 4.95. The van der Waals surface area contributed by atoms with Crippen molar-refractivity contribution in [3.8, 4) is 0 Å². The van der Waals surface area contributed by atoms with Crippen molar-refractivity contribution in [1.29, 1.82) is 0 Å². The molecule has 1 unspecified atom stereocenters. The van der Waals surface area contributed by atoms with Gasteiger partial charge in [-0.15, -0.1) is 0 Å². The Kier molecular flexibility index (Phi) is 6.43. The molecule has 1 saturated carbocycles. The molecule has 5 nitrogen and oxygen atoms in total. The van der Waals surface area contributed by atoms with E-state index in [1.165, 1.54) is 38.6 Å². The van der Waals surface area contributed by atoms with Crippen LogP contribution in [0.15, 0.2) is 34.7 Å². The quantitative estimate of drug-likeness (QED) is 0.756. The smallest absolute Gasteiger partial charge is 0.317 e. The van der Waals surface area contributed by atoms with E-state index in [1.54, 1.807) is 4.90 Å². The number of carbonyl (C=O) groups is 1. The first-order chi connectivity index (χ1) is 14.1. The third-order valence-electron chi connectivity index (χ3n) is 6.91. The maximum absolute atomic E-state index is 12.8. The number of amides is 2. The van der Waals surface area contributed by atoms with Crippen LogP contribution in [0.2, 0.25) is 0 Å². The first-order valence-electron chi connectivity index (χ1n) is 11.3. The second-order valence-corrected chi connectivity index (χ2v) is 9.00. The van der Waals surface area contributed by atoms with Gasteiger partial charge in [-0.3, -0.25) is 0 Å². The minimum atomic E-state index is -0.103. The van der Waals surface area contributed by atoms with Crippen molar-refractivity contribution < 1.29 is 9.21 Å². The van der Waals surface area contributed by atoms with Crippen LogP contribution in [0.5, 0.6) is 0 Å². The highest BCUT2D eigenvalue weighted by Gasteiger charge is 2.26. The molecule has 1 N–H and O–H groups in total. The predicted octanol–water partition coefficient (Wildman–Crippen LogP) is 5.18. The van der Waals surface area contributed by atoms with Crippen molar-refractivity contribution in [2.75, 3.05) is 26.7 Å². The summed E-state index contributed by atoms with van der Waals surface area (Å²) in [5.74, 6) is 1.72. The number of hydrogen-bond donors (Lipinski definition) is 1. The fourth-order valence-electron chi connectivity index (χ4n) is 4.85. The number of nitrogens with zero attached hydrogens (tertiary/aromatic N) is 2. The van der Waals surface area contributed by atoms with Crippen LogP contribution in [-0.2, 0) is 0 Å². The number of urea groups is 1. The highest BCUT2D eigenvalue weighted by atomic mass is 16.3. The second-order valence-electron chi connectivity index (χ2n) is 9.00. The number of piperidine rings is 1. The van der Waals surface area contributed by atoms with Gasteiger partial charge in [0.15, 0.2) is 0 Å². The zero-order chi connectivity index (χ0) is 20.2. The van der Waals surface area contributed by atoms with Crippen LogP contribution in [0.1, 0.15) is 63.7 Å². The minimum absolute atomic E-state index is 0.0105. The van der Waals surface area contributed by atoms with E-state index >= 15 is 0 Å². The number of hydrogen-bond acceptors (Lipinski definition) is 3. The first kappa shape index (κ1) is 20.3. The summed E-state index contributed by atoms with van der Waals surface area (Å²) in [5.41, 5.74) is 0.869. The molecule has 0 bridgehead atoms. The van der Waals surface area contributed by atoms with Crippen molar-refractivity contribution in [2.24, 2.45) is 5.92 Å². The molecule has 2 fully saturated rings. The summed E-state index contributed by atoms with van der Waals surface area (Å²) in [5, 5.41) is 4.32. The fraction of sp³-hybridized carbons (Fsp3) is 0.625. The monoisotopic (exact) mass is 397 g/mol. The Morgan fingerprint density at radius 2 is 1.90 bits per heavy atom. The average molecular weight is 398 g/mol. The van der Waals surface area contributed by atoms with Crippen LogP contribution in [0.3, 0.4) is 0 Å². The van der Waals surface area contributed by atoms with Crippen molar-refractivity contribution >= 4 is 17.0 Å². The zero-order valence-electron chi connectivity index (χ0n) is 17.9. The normalized spacial score (nSPS) is 20.6. The number of para-hydroxylation sites is 1. The molecule has 4 rings (SSSR count). The lowest BCUT2D eigenvalue weighted by Gasteiger charge is -2.36. The van der Waals surface area contributed by atoms with E-state index in [2.05, 4.69) is 10.2 Å². The van der Waals surface area contributed by atoms with Crippen molar-refractivity contribution in [1.82, 2.24) is 15.1 Å². The highest BCUT2D eigenvalue weighted by Crippen LogP contribution is 2.27. The summed E-state index contributed by atoms with van der Waals surface area (Å²) in [6, 6.07) is 10.2. The number of likely N-dealkylation sites (tertiary alicyclic amines) is 1. The molecule has 1 saturated heterocycles. The summed E-state index contributed by atoms with van der Waals surface area (Å²) in [4.78, 5) is 17.2. The molecule has 1 aliphatic carbocycles. The van der Waals surface area contributed by atoms with Gasteiger partial charge in [0, 0.05) is 38.1 Å². The molecule has 2 aromatic rings. The van der Waals surface area contributed by atoms with Gasteiger partial charge in [0.2, 0.25) is 0 Å². The van der Waals surface area contributed by atoms with Gasteiger partial charge in [0.25, 0.3) is 0 Å². The van der Waals surface area contributed by atoms with Crippen molar-refractivity contribution in [2.45, 2.75) is 64.0 Å². The maximum Gasteiger partial charge on any atom is 0.317 e. The Hall–Kier alpha value is -2.01. The van der Waals surface area contributed by atoms with E-state index < -0.39 is 0 Å². The summed E-state index contributed by atoms with van der Waals surface area (Å²) in [6.45, 7) is 5.47. The molecule has 1 aliphatic heterocycles. The lowest BCUT2D eigenvalue weighted by Crippen LogP contribution is -2.49. The van der Waals surface area contributed by atoms with Gasteiger partial charge in [0.05, 0.1) is 6.04 Å². The summed E-state index contributed by atoms with van der Waals surface area (Å²) >= 11 is 0. The Balaban J connectivity index is 1.25. The molecular formula is C24H35N3O2. The van der Waals surface area contributed by atoms with E-state index in [0.29, 0.717) is 0 Å². The SMILES string of the molecule is CC(c1cc2ccccc2o1)N(C)C(=O)NC1CCN(CC2CCCCC2)CC1. The molecule has 29 heavy (non-hydrogen) atoms. The fourth-order valence-corrected chi connectivity index (χ4v) is 4.85. The molecule has 1 aromatic carbocycles. The molecule has 2 heterocycles. The van der Waals surface area contributed by atoms with Gasteiger partial charge in [0.1, 0.15) is 11.3 Å². The predicted molar refractivity (Wildman–Crippen MR) is 117 cm³/mol. The van der Waals surface area contributed by atoms with E-state index in [4.69, 9.17) is 4.42 Å². The average Bonchev–Trinajstić information content (AvgIpc) is 3.19. The van der Waals surface area contributed by atoms with E-state index in [1.807, 2.05) is 44.3 Å². The zero-order valence-corrected chi connectivity index (χ0v) is 17.9. The van der Waals surface area contributed by atoms with Crippen molar-refractivity contribution in [3.05, 3.63) is 36.1 Å². The maximum atomic E-state index is 12.8. The lowest BCUT2D eigenvalue weighted by atomic mass is 9.88. The number of benzene rings is 1. The van der Waals surface area contributed by atoms with Crippen LogP contribution < -0.4 is 5.32 Å². The van der Waals surface area contributed by atoms with Gasteiger partial charge in [-0.1, -0.05) is 37.5 Å². The van der Waals surface area contributed by atoms with Crippen LogP contribution in [0.25, 0.3) is 11.0 Å². The minimum Gasteiger partial charge on any atom is -0.459 e. The topological polar surface area (TPSA) is 48.7 Å². The van der Waals surface area contributed by atoms with E-state index in [-0.39, 0.29) is 18.1 Å². The van der Waals surface area contributed by atoms with Gasteiger partial charge >= 0.3 is 6.03 Å². The van der Waals surface area contributed by atoms with Crippen LogP contribution >= 0.6 is 0 Å². The number of carbonyl (C=O) groups excluding carboxylic acids is 1. The Labute approximate surface area is 174 Å². The second kappa shape index (κ2) is 9.21. The molecule has 1 atom stereocenters. The first-order valence-corrected chi connectivity index (χ1v) is 11.3. The molecule has 2 aliphatic rings. The van der Waals surface area contributed by atoms with Crippen LogP contribution in [0, 0.1) is 5.92 Å².